The Labute approximate surface area is 128 Å². The third kappa shape index (κ3) is 3.15. The molecule has 2 aromatic heterocycles. The van der Waals surface area contributed by atoms with Gasteiger partial charge in [-0.15, -0.1) is 0 Å². The zero-order valence-corrected chi connectivity index (χ0v) is 13.2. The Morgan fingerprint density at radius 3 is 3.14 bits per heavy atom. The summed E-state index contributed by atoms with van der Waals surface area (Å²) in [5, 5.41) is 3.99. The summed E-state index contributed by atoms with van der Waals surface area (Å²) in [6, 6.07) is 4.08. The van der Waals surface area contributed by atoms with Crippen LogP contribution >= 0.6 is 11.3 Å². The van der Waals surface area contributed by atoms with E-state index in [1.807, 2.05) is 26.0 Å². The number of carbonyl (C=O) groups is 1. The maximum Gasteiger partial charge on any atom is 0.225 e. The number of pyridine rings is 1. The fourth-order valence-corrected chi connectivity index (χ4v) is 3.60. The molecule has 0 spiro atoms. The van der Waals surface area contributed by atoms with E-state index in [1.165, 1.54) is 0 Å². The van der Waals surface area contributed by atoms with Gasteiger partial charge in [-0.1, -0.05) is 11.3 Å². The molecule has 0 aliphatic carbocycles. The predicted molar refractivity (Wildman–Crippen MR) is 85.6 cm³/mol. The molecular formula is C15H20N4OS. The number of rotatable bonds is 3. The third-order valence-electron chi connectivity index (χ3n) is 3.65. The molecule has 1 aliphatic heterocycles. The minimum absolute atomic E-state index is 0.0566. The lowest BCUT2D eigenvalue weighted by Crippen LogP contribution is -2.44. The minimum atomic E-state index is 0.0566. The van der Waals surface area contributed by atoms with Crippen LogP contribution in [0.4, 0.5) is 5.13 Å². The van der Waals surface area contributed by atoms with Crippen LogP contribution in [-0.4, -0.2) is 35.0 Å². The summed E-state index contributed by atoms with van der Waals surface area (Å²) >= 11 is 1.60. The average molecular weight is 304 g/mol. The minimum Gasteiger partial charge on any atom is -0.354 e. The van der Waals surface area contributed by atoms with Gasteiger partial charge in [0, 0.05) is 25.3 Å². The highest BCUT2D eigenvalue weighted by Crippen LogP contribution is 2.30. The second kappa shape index (κ2) is 5.97. The Bertz CT molecular complexity index is 606. The van der Waals surface area contributed by atoms with Crippen molar-refractivity contribution < 1.29 is 4.79 Å². The van der Waals surface area contributed by atoms with Gasteiger partial charge in [0.15, 0.2) is 5.13 Å². The van der Waals surface area contributed by atoms with Crippen molar-refractivity contribution in [3.8, 4) is 0 Å². The first-order chi connectivity index (χ1) is 10.1. The van der Waals surface area contributed by atoms with Crippen molar-refractivity contribution in [2.24, 2.45) is 5.92 Å². The van der Waals surface area contributed by atoms with Gasteiger partial charge in [-0.05, 0) is 38.8 Å². The summed E-state index contributed by atoms with van der Waals surface area (Å²) in [5.74, 6) is 0.218. The van der Waals surface area contributed by atoms with Crippen LogP contribution in [0.15, 0.2) is 18.3 Å². The molecule has 112 valence electrons. The molecule has 3 rings (SSSR count). The molecule has 5 nitrogen and oxygen atoms in total. The van der Waals surface area contributed by atoms with Crippen molar-refractivity contribution in [3.05, 3.63) is 18.3 Å². The first kappa shape index (κ1) is 14.3. The number of aromatic nitrogens is 2. The first-order valence-corrected chi connectivity index (χ1v) is 8.22. The number of piperidine rings is 1. The highest BCUT2D eigenvalue weighted by molar-refractivity contribution is 7.21. The second-order valence-corrected chi connectivity index (χ2v) is 6.73. The molecular weight excluding hydrogens is 284 g/mol. The highest BCUT2D eigenvalue weighted by Gasteiger charge is 2.27. The largest absolute Gasteiger partial charge is 0.354 e. The van der Waals surface area contributed by atoms with Crippen LogP contribution in [0.1, 0.15) is 26.7 Å². The van der Waals surface area contributed by atoms with E-state index in [2.05, 4.69) is 20.2 Å². The lowest BCUT2D eigenvalue weighted by atomic mass is 9.97. The van der Waals surface area contributed by atoms with E-state index in [0.717, 1.165) is 41.4 Å². The van der Waals surface area contributed by atoms with Gasteiger partial charge in [-0.25, -0.2) is 9.97 Å². The van der Waals surface area contributed by atoms with Crippen molar-refractivity contribution in [1.29, 1.82) is 0 Å². The van der Waals surface area contributed by atoms with Crippen LogP contribution in [0.2, 0.25) is 0 Å². The highest BCUT2D eigenvalue weighted by atomic mass is 32.1. The molecule has 21 heavy (non-hydrogen) atoms. The summed E-state index contributed by atoms with van der Waals surface area (Å²) in [7, 11) is 0. The summed E-state index contributed by atoms with van der Waals surface area (Å²) in [5.41, 5.74) is 0.936. The van der Waals surface area contributed by atoms with Gasteiger partial charge in [-0.2, -0.15) is 0 Å². The smallest absolute Gasteiger partial charge is 0.225 e. The average Bonchev–Trinajstić information content (AvgIpc) is 2.90. The predicted octanol–water partition coefficient (Wildman–Crippen LogP) is 2.43. The van der Waals surface area contributed by atoms with Crippen LogP contribution in [0.25, 0.3) is 10.3 Å². The number of amides is 1. The third-order valence-corrected chi connectivity index (χ3v) is 4.69. The maximum atomic E-state index is 12.2. The van der Waals surface area contributed by atoms with E-state index in [1.54, 1.807) is 17.5 Å². The molecule has 2 aromatic rings. The molecule has 3 heterocycles. The Balaban J connectivity index is 1.74. The molecule has 1 amide bonds. The standard InChI is InChI=1S/C15H20N4OS/c1-10(2)17-13(20)11-5-4-8-19(9-11)15-18-12-6-3-7-16-14(12)21-15/h3,6-7,10-11H,4-5,8-9H2,1-2H3,(H,17,20)/t11-/m0/s1. The lowest BCUT2D eigenvalue weighted by Gasteiger charge is -2.32. The maximum absolute atomic E-state index is 12.2. The van der Waals surface area contributed by atoms with Gasteiger partial charge in [0.25, 0.3) is 0 Å². The molecule has 0 unspecified atom stereocenters. The summed E-state index contributed by atoms with van der Waals surface area (Å²) in [6.07, 6.45) is 3.77. The molecule has 1 atom stereocenters. The van der Waals surface area contributed by atoms with Crippen molar-refractivity contribution in [3.63, 3.8) is 0 Å². The van der Waals surface area contributed by atoms with E-state index < -0.39 is 0 Å². The van der Waals surface area contributed by atoms with Crippen molar-refractivity contribution in [1.82, 2.24) is 15.3 Å². The van der Waals surface area contributed by atoms with Crippen LogP contribution in [0.3, 0.4) is 0 Å². The molecule has 0 radical (unpaired) electrons. The zero-order chi connectivity index (χ0) is 14.8. The lowest BCUT2D eigenvalue weighted by molar-refractivity contribution is -0.125. The Hall–Kier alpha value is -1.69. The molecule has 1 N–H and O–H groups in total. The number of hydrogen-bond acceptors (Lipinski definition) is 5. The van der Waals surface area contributed by atoms with E-state index >= 15 is 0 Å². The van der Waals surface area contributed by atoms with Crippen LogP contribution < -0.4 is 10.2 Å². The van der Waals surface area contributed by atoms with Gasteiger partial charge in [0.05, 0.1) is 5.92 Å². The monoisotopic (exact) mass is 304 g/mol. The summed E-state index contributed by atoms with van der Waals surface area (Å²) in [4.78, 5) is 24.4. The number of carbonyl (C=O) groups excluding carboxylic acids is 1. The van der Waals surface area contributed by atoms with Crippen molar-refractivity contribution in [2.45, 2.75) is 32.7 Å². The quantitative estimate of drug-likeness (QED) is 0.946. The zero-order valence-electron chi connectivity index (χ0n) is 12.4. The summed E-state index contributed by atoms with van der Waals surface area (Å²) in [6.45, 7) is 5.71. The van der Waals surface area contributed by atoms with Crippen molar-refractivity contribution in [2.75, 3.05) is 18.0 Å². The fraction of sp³-hybridized carbons (Fsp3) is 0.533. The topological polar surface area (TPSA) is 58.1 Å². The fourth-order valence-electron chi connectivity index (χ4n) is 2.66. The van der Waals surface area contributed by atoms with Gasteiger partial charge in [-0.3, -0.25) is 4.79 Å². The number of thiazole rings is 1. The van der Waals surface area contributed by atoms with Crippen LogP contribution in [0, 0.1) is 5.92 Å². The van der Waals surface area contributed by atoms with Gasteiger partial charge >= 0.3 is 0 Å². The molecule has 1 fully saturated rings. The number of nitrogens with one attached hydrogen (secondary N) is 1. The van der Waals surface area contributed by atoms with Gasteiger partial charge < -0.3 is 10.2 Å². The van der Waals surface area contributed by atoms with Gasteiger partial charge in [0.1, 0.15) is 10.3 Å². The van der Waals surface area contributed by atoms with E-state index in [-0.39, 0.29) is 17.9 Å². The van der Waals surface area contributed by atoms with Crippen LogP contribution in [0.5, 0.6) is 0 Å². The van der Waals surface area contributed by atoms with Crippen molar-refractivity contribution >= 4 is 32.7 Å². The van der Waals surface area contributed by atoms with E-state index in [0.29, 0.717) is 0 Å². The number of hydrogen-bond donors (Lipinski definition) is 1. The Kier molecular flexibility index (Phi) is 4.05. The SMILES string of the molecule is CC(C)NC(=O)[C@H]1CCCN(c2nc3cccnc3s2)C1. The molecule has 0 saturated carbocycles. The number of anilines is 1. The van der Waals surface area contributed by atoms with E-state index in [4.69, 9.17) is 0 Å². The van der Waals surface area contributed by atoms with Gasteiger partial charge in [0.2, 0.25) is 5.91 Å². The number of nitrogens with zero attached hydrogens (tertiary/aromatic N) is 3. The molecule has 1 saturated heterocycles. The molecule has 0 bridgehead atoms. The Morgan fingerprint density at radius 2 is 2.38 bits per heavy atom. The van der Waals surface area contributed by atoms with Crippen LogP contribution in [-0.2, 0) is 4.79 Å². The molecule has 0 aromatic carbocycles. The normalized spacial score (nSPS) is 19.2. The number of fused-ring (bicyclic) bond motifs is 1. The first-order valence-electron chi connectivity index (χ1n) is 7.40. The summed E-state index contributed by atoms with van der Waals surface area (Å²) < 4.78 is 0. The molecule has 6 heteroatoms. The second-order valence-electron chi connectivity index (χ2n) is 5.77. The Morgan fingerprint density at radius 1 is 1.52 bits per heavy atom. The van der Waals surface area contributed by atoms with E-state index in [9.17, 15) is 4.79 Å². The molecule has 1 aliphatic rings.